The molecule has 0 aromatic heterocycles. The van der Waals surface area contributed by atoms with Crippen LogP contribution in [0.2, 0.25) is 0 Å². The van der Waals surface area contributed by atoms with E-state index in [0.29, 0.717) is 6.04 Å². The summed E-state index contributed by atoms with van der Waals surface area (Å²) in [5.41, 5.74) is 1.24. The molecule has 15 heavy (non-hydrogen) atoms. The van der Waals surface area contributed by atoms with Gasteiger partial charge < -0.3 is 4.74 Å². The van der Waals surface area contributed by atoms with Crippen molar-refractivity contribution in [1.29, 1.82) is 0 Å². The fraction of sp³-hybridized carbons (Fsp3) is 0.750. The third-order valence-electron chi connectivity index (χ3n) is 3.08. The quantitative estimate of drug-likeness (QED) is 0.710. The molecule has 1 aliphatic carbocycles. The lowest BCUT2D eigenvalue weighted by atomic mass is 10.1. The van der Waals surface area contributed by atoms with Crippen molar-refractivity contribution in [2.24, 2.45) is 5.10 Å². The first-order valence-corrected chi connectivity index (χ1v) is 5.90. The van der Waals surface area contributed by atoms with Crippen LogP contribution in [0.1, 0.15) is 32.1 Å². The van der Waals surface area contributed by atoms with Crippen molar-refractivity contribution in [1.82, 2.24) is 5.01 Å². The number of nitrogens with zero attached hydrogens (tertiary/aromatic N) is 2. The van der Waals surface area contributed by atoms with Gasteiger partial charge in [0.05, 0.1) is 18.4 Å². The van der Waals surface area contributed by atoms with Crippen molar-refractivity contribution in [3.63, 3.8) is 0 Å². The van der Waals surface area contributed by atoms with Crippen LogP contribution in [0.3, 0.4) is 0 Å². The lowest BCUT2D eigenvalue weighted by molar-refractivity contribution is 0.118. The van der Waals surface area contributed by atoms with Crippen molar-refractivity contribution in [3.8, 4) is 0 Å². The topological polar surface area (TPSA) is 24.8 Å². The number of ether oxygens (including phenoxy) is 1. The number of hydrazone groups is 1. The van der Waals surface area contributed by atoms with Crippen LogP contribution in [-0.4, -0.2) is 37.0 Å². The van der Waals surface area contributed by atoms with E-state index < -0.39 is 0 Å². The first-order chi connectivity index (χ1) is 7.40. The Balaban J connectivity index is 1.97. The van der Waals surface area contributed by atoms with Crippen molar-refractivity contribution in [2.45, 2.75) is 38.1 Å². The fourth-order valence-electron chi connectivity index (χ4n) is 2.27. The summed E-state index contributed by atoms with van der Waals surface area (Å²) in [7, 11) is 1.77. The molecule has 1 unspecified atom stereocenters. The monoisotopic (exact) mass is 208 g/mol. The van der Waals surface area contributed by atoms with Crippen molar-refractivity contribution < 1.29 is 4.74 Å². The molecule has 0 bridgehead atoms. The van der Waals surface area contributed by atoms with Gasteiger partial charge in [-0.15, -0.1) is 0 Å². The van der Waals surface area contributed by atoms with Gasteiger partial charge in [-0.3, -0.25) is 5.01 Å². The van der Waals surface area contributed by atoms with E-state index in [0.717, 1.165) is 19.6 Å². The van der Waals surface area contributed by atoms with Gasteiger partial charge in [0.1, 0.15) is 0 Å². The average molecular weight is 208 g/mol. The Bertz CT molecular complexity index is 260. The second kappa shape index (κ2) is 5.31. The standard InChI is InChI=1S/C12H20N2O/c1-15-10-12-8-5-9-14(12)13-11-6-3-2-4-7-11/h3,6,12H,2,4-5,7-10H2,1H3/b13-11-. The number of allylic oxidation sites excluding steroid dienone is 2. The second-order valence-electron chi connectivity index (χ2n) is 4.30. The minimum Gasteiger partial charge on any atom is -0.382 e. The van der Waals surface area contributed by atoms with Crippen LogP contribution in [0.4, 0.5) is 0 Å². The number of hydrogen-bond acceptors (Lipinski definition) is 3. The Morgan fingerprint density at radius 1 is 1.53 bits per heavy atom. The highest BCUT2D eigenvalue weighted by Crippen LogP contribution is 2.19. The molecule has 84 valence electrons. The molecule has 0 saturated carbocycles. The molecule has 0 spiro atoms. The Hall–Kier alpha value is -0.830. The number of methoxy groups -OCH3 is 1. The third-order valence-corrected chi connectivity index (χ3v) is 3.08. The highest BCUT2D eigenvalue weighted by Gasteiger charge is 2.23. The maximum Gasteiger partial charge on any atom is 0.0704 e. The van der Waals surface area contributed by atoms with Gasteiger partial charge in [0.2, 0.25) is 0 Å². The van der Waals surface area contributed by atoms with Gasteiger partial charge in [0.15, 0.2) is 0 Å². The van der Waals surface area contributed by atoms with Crippen LogP contribution in [0.15, 0.2) is 17.3 Å². The summed E-state index contributed by atoms with van der Waals surface area (Å²) in [6.07, 6.45) is 10.4. The summed E-state index contributed by atoms with van der Waals surface area (Å²) < 4.78 is 5.22. The Labute approximate surface area is 91.8 Å². The van der Waals surface area contributed by atoms with E-state index in [1.807, 2.05) is 0 Å². The largest absolute Gasteiger partial charge is 0.382 e. The zero-order chi connectivity index (χ0) is 10.5. The smallest absolute Gasteiger partial charge is 0.0704 e. The molecule has 1 saturated heterocycles. The van der Waals surface area contributed by atoms with E-state index in [9.17, 15) is 0 Å². The summed E-state index contributed by atoms with van der Waals surface area (Å²) in [6.45, 7) is 1.89. The van der Waals surface area contributed by atoms with Gasteiger partial charge in [0, 0.05) is 13.7 Å². The van der Waals surface area contributed by atoms with E-state index in [-0.39, 0.29) is 0 Å². The van der Waals surface area contributed by atoms with E-state index in [4.69, 9.17) is 9.84 Å². The molecular weight excluding hydrogens is 188 g/mol. The van der Waals surface area contributed by atoms with Gasteiger partial charge >= 0.3 is 0 Å². The molecule has 3 heteroatoms. The molecule has 1 heterocycles. The summed E-state index contributed by atoms with van der Waals surface area (Å²) in [4.78, 5) is 0. The van der Waals surface area contributed by atoms with E-state index >= 15 is 0 Å². The van der Waals surface area contributed by atoms with E-state index in [1.165, 1.54) is 31.4 Å². The van der Waals surface area contributed by atoms with Crippen molar-refractivity contribution in [3.05, 3.63) is 12.2 Å². The summed E-state index contributed by atoms with van der Waals surface area (Å²) in [5.74, 6) is 0. The van der Waals surface area contributed by atoms with Crippen LogP contribution in [0.25, 0.3) is 0 Å². The molecule has 0 radical (unpaired) electrons. The Morgan fingerprint density at radius 3 is 3.20 bits per heavy atom. The Morgan fingerprint density at radius 2 is 2.47 bits per heavy atom. The first-order valence-electron chi connectivity index (χ1n) is 5.90. The molecule has 2 rings (SSSR count). The Kier molecular flexibility index (Phi) is 3.78. The first kappa shape index (κ1) is 10.7. The van der Waals surface area contributed by atoms with Crippen LogP contribution in [-0.2, 0) is 4.74 Å². The maximum atomic E-state index is 5.22. The highest BCUT2D eigenvalue weighted by molar-refractivity contribution is 5.95. The van der Waals surface area contributed by atoms with Crippen molar-refractivity contribution in [2.75, 3.05) is 20.3 Å². The van der Waals surface area contributed by atoms with Crippen LogP contribution in [0, 0.1) is 0 Å². The van der Waals surface area contributed by atoms with Gasteiger partial charge in [-0.1, -0.05) is 6.08 Å². The molecule has 1 fully saturated rings. The van der Waals surface area contributed by atoms with Gasteiger partial charge in [-0.05, 0) is 38.2 Å². The van der Waals surface area contributed by atoms with Crippen molar-refractivity contribution >= 4 is 5.71 Å². The molecule has 3 nitrogen and oxygen atoms in total. The normalized spacial score (nSPS) is 29.0. The second-order valence-corrected chi connectivity index (χ2v) is 4.30. The summed E-state index contributed by atoms with van der Waals surface area (Å²) in [6, 6.07) is 0.498. The molecule has 1 atom stereocenters. The molecule has 0 amide bonds. The van der Waals surface area contributed by atoms with E-state index in [1.54, 1.807) is 7.11 Å². The lowest BCUT2D eigenvalue weighted by Crippen LogP contribution is -2.29. The fourth-order valence-corrected chi connectivity index (χ4v) is 2.27. The van der Waals surface area contributed by atoms with Gasteiger partial charge in [-0.25, -0.2) is 0 Å². The molecule has 1 aliphatic heterocycles. The minimum atomic E-state index is 0.498. The predicted molar refractivity (Wildman–Crippen MR) is 62.0 cm³/mol. The molecular formula is C12H20N2O. The van der Waals surface area contributed by atoms with Crippen LogP contribution >= 0.6 is 0 Å². The average Bonchev–Trinajstić information content (AvgIpc) is 2.68. The zero-order valence-electron chi connectivity index (χ0n) is 9.48. The number of hydrogen-bond donors (Lipinski definition) is 0. The minimum absolute atomic E-state index is 0.498. The molecule has 0 N–H and O–H groups in total. The summed E-state index contributed by atoms with van der Waals surface area (Å²) >= 11 is 0. The van der Waals surface area contributed by atoms with Gasteiger partial charge in [-0.2, -0.15) is 5.10 Å². The highest BCUT2D eigenvalue weighted by atomic mass is 16.5. The van der Waals surface area contributed by atoms with Crippen LogP contribution in [0.5, 0.6) is 0 Å². The number of rotatable bonds is 3. The summed E-state index contributed by atoms with van der Waals surface area (Å²) in [5, 5.41) is 6.94. The molecule has 2 aliphatic rings. The van der Waals surface area contributed by atoms with Gasteiger partial charge in [0.25, 0.3) is 0 Å². The van der Waals surface area contributed by atoms with E-state index in [2.05, 4.69) is 17.2 Å². The maximum absolute atomic E-state index is 5.22. The lowest BCUT2D eigenvalue weighted by Gasteiger charge is -2.22. The zero-order valence-corrected chi connectivity index (χ0v) is 9.48. The predicted octanol–water partition coefficient (Wildman–Crippen LogP) is 2.19. The molecule has 0 aromatic carbocycles. The van der Waals surface area contributed by atoms with Crippen LogP contribution < -0.4 is 0 Å². The third kappa shape index (κ3) is 2.81. The SMILES string of the molecule is COCC1CCCN1/N=C1/C=CCCC1. The molecule has 0 aromatic rings.